The van der Waals surface area contributed by atoms with E-state index in [1.54, 1.807) is 0 Å². The molecule has 0 aromatic rings. The summed E-state index contributed by atoms with van der Waals surface area (Å²) in [6.45, 7) is 12.6. The van der Waals surface area contributed by atoms with E-state index in [4.69, 9.17) is 5.73 Å². The van der Waals surface area contributed by atoms with Crippen molar-refractivity contribution in [3.05, 3.63) is 0 Å². The lowest BCUT2D eigenvalue weighted by atomic mass is 9.64. The van der Waals surface area contributed by atoms with Crippen LogP contribution < -0.4 is 11.1 Å². The fourth-order valence-electron chi connectivity index (χ4n) is 1.84. The topological polar surface area (TPSA) is 38.0 Å². The number of nitrogens with one attached hydrogen (secondary N) is 1. The smallest absolute Gasteiger partial charge is 0.0180 e. The van der Waals surface area contributed by atoms with Crippen LogP contribution in [0, 0.1) is 10.8 Å². The van der Waals surface area contributed by atoms with Crippen LogP contribution in [0.4, 0.5) is 0 Å². The second kappa shape index (κ2) is 3.25. The van der Waals surface area contributed by atoms with E-state index in [0.29, 0.717) is 22.9 Å². The molecule has 0 amide bonds. The molecule has 0 aromatic heterocycles. The van der Waals surface area contributed by atoms with Crippen molar-refractivity contribution in [3.8, 4) is 0 Å². The Bertz CT molecular complexity index is 179. The minimum absolute atomic E-state index is 0.307. The van der Waals surface area contributed by atoms with Gasteiger partial charge in [-0.25, -0.2) is 0 Å². The Morgan fingerprint density at radius 3 is 2.00 bits per heavy atom. The Morgan fingerprint density at radius 2 is 1.69 bits per heavy atom. The minimum atomic E-state index is 0.307. The number of hydrogen-bond donors (Lipinski definition) is 2. The molecule has 2 heteroatoms. The van der Waals surface area contributed by atoms with Gasteiger partial charge in [0.25, 0.3) is 0 Å². The van der Waals surface area contributed by atoms with Gasteiger partial charge in [0, 0.05) is 18.6 Å². The maximum Gasteiger partial charge on any atom is 0.0180 e. The average molecular weight is 184 g/mol. The van der Waals surface area contributed by atoms with Crippen molar-refractivity contribution in [1.29, 1.82) is 0 Å². The van der Waals surface area contributed by atoms with E-state index in [2.05, 4.69) is 39.9 Å². The normalized spacial score (nSPS) is 30.9. The molecule has 1 fully saturated rings. The van der Waals surface area contributed by atoms with Crippen LogP contribution in [-0.2, 0) is 0 Å². The summed E-state index contributed by atoms with van der Waals surface area (Å²) in [6, 6.07) is 0.925. The highest BCUT2D eigenvalue weighted by Gasteiger charge is 2.42. The van der Waals surface area contributed by atoms with E-state index in [9.17, 15) is 0 Å². The maximum atomic E-state index is 5.90. The highest BCUT2D eigenvalue weighted by molar-refractivity contribution is 4.98. The molecule has 3 N–H and O–H groups in total. The highest BCUT2D eigenvalue weighted by atomic mass is 15.0. The molecular formula is C11H24N2. The zero-order valence-corrected chi connectivity index (χ0v) is 9.65. The van der Waals surface area contributed by atoms with E-state index in [0.717, 1.165) is 13.0 Å². The number of rotatable bonds is 1. The summed E-state index contributed by atoms with van der Waals surface area (Å²) in [5.74, 6) is 0. The van der Waals surface area contributed by atoms with E-state index in [1.165, 1.54) is 0 Å². The SMILES string of the molecule is CC(C)(C)C(C)(C)C1CC(N)CN1. The van der Waals surface area contributed by atoms with E-state index >= 15 is 0 Å². The molecule has 78 valence electrons. The summed E-state index contributed by atoms with van der Waals surface area (Å²) >= 11 is 0. The molecule has 1 rings (SSSR count). The molecule has 2 atom stereocenters. The first-order chi connectivity index (χ1) is 5.75. The van der Waals surface area contributed by atoms with Crippen molar-refractivity contribution in [3.63, 3.8) is 0 Å². The highest BCUT2D eigenvalue weighted by Crippen LogP contribution is 2.42. The van der Waals surface area contributed by atoms with Gasteiger partial charge in [-0.15, -0.1) is 0 Å². The van der Waals surface area contributed by atoms with Gasteiger partial charge in [-0.05, 0) is 17.3 Å². The van der Waals surface area contributed by atoms with E-state index in [-0.39, 0.29) is 0 Å². The van der Waals surface area contributed by atoms with Crippen LogP contribution in [-0.4, -0.2) is 18.6 Å². The van der Waals surface area contributed by atoms with Gasteiger partial charge in [0.1, 0.15) is 0 Å². The maximum absolute atomic E-state index is 5.90. The zero-order valence-electron chi connectivity index (χ0n) is 9.65. The van der Waals surface area contributed by atoms with Gasteiger partial charge in [0.15, 0.2) is 0 Å². The minimum Gasteiger partial charge on any atom is -0.326 e. The van der Waals surface area contributed by atoms with Gasteiger partial charge in [0.05, 0.1) is 0 Å². The van der Waals surface area contributed by atoms with Crippen LogP contribution >= 0.6 is 0 Å². The summed E-state index contributed by atoms with van der Waals surface area (Å²) < 4.78 is 0. The Labute approximate surface area is 82.3 Å². The number of hydrogen-bond acceptors (Lipinski definition) is 2. The molecule has 0 aliphatic carbocycles. The Balaban J connectivity index is 2.70. The third-order valence-corrected chi connectivity index (χ3v) is 3.97. The molecule has 1 heterocycles. The molecule has 1 saturated heterocycles. The van der Waals surface area contributed by atoms with Gasteiger partial charge in [-0.2, -0.15) is 0 Å². The summed E-state index contributed by atoms with van der Waals surface area (Å²) in [7, 11) is 0. The lowest BCUT2D eigenvalue weighted by Crippen LogP contribution is -2.45. The number of nitrogens with two attached hydrogens (primary N) is 1. The Hall–Kier alpha value is -0.0800. The molecular weight excluding hydrogens is 160 g/mol. The van der Waals surface area contributed by atoms with Gasteiger partial charge in [-0.3, -0.25) is 0 Å². The van der Waals surface area contributed by atoms with E-state index in [1.807, 2.05) is 0 Å². The van der Waals surface area contributed by atoms with Crippen molar-refractivity contribution >= 4 is 0 Å². The Morgan fingerprint density at radius 1 is 1.15 bits per heavy atom. The molecule has 0 radical (unpaired) electrons. The van der Waals surface area contributed by atoms with Crippen LogP contribution in [0.1, 0.15) is 41.0 Å². The molecule has 1 aliphatic heterocycles. The molecule has 0 spiro atoms. The first-order valence-corrected chi connectivity index (χ1v) is 5.24. The van der Waals surface area contributed by atoms with Crippen molar-refractivity contribution in [2.75, 3.05) is 6.54 Å². The first kappa shape index (κ1) is 11.0. The summed E-state index contributed by atoms with van der Waals surface area (Å²) in [6.07, 6.45) is 1.12. The average Bonchev–Trinajstić information content (AvgIpc) is 2.33. The van der Waals surface area contributed by atoms with Gasteiger partial charge in [0.2, 0.25) is 0 Å². The fraction of sp³-hybridized carbons (Fsp3) is 1.00. The second-order valence-corrected chi connectivity index (χ2v) is 5.93. The lowest BCUT2D eigenvalue weighted by molar-refractivity contribution is 0.0866. The van der Waals surface area contributed by atoms with Gasteiger partial charge >= 0.3 is 0 Å². The standard InChI is InChI=1S/C11H24N2/c1-10(2,3)11(4,5)9-6-8(12)7-13-9/h8-9,13H,6-7,12H2,1-5H3. The third-order valence-electron chi connectivity index (χ3n) is 3.97. The predicted octanol–water partition coefficient (Wildman–Crippen LogP) is 1.75. The van der Waals surface area contributed by atoms with Crippen LogP contribution in [0.2, 0.25) is 0 Å². The molecule has 0 saturated carbocycles. The van der Waals surface area contributed by atoms with Gasteiger partial charge < -0.3 is 11.1 Å². The van der Waals surface area contributed by atoms with Crippen LogP contribution in [0.5, 0.6) is 0 Å². The summed E-state index contributed by atoms with van der Waals surface area (Å²) in [5, 5.41) is 3.53. The summed E-state index contributed by atoms with van der Waals surface area (Å²) in [4.78, 5) is 0. The zero-order chi connectivity index (χ0) is 10.3. The van der Waals surface area contributed by atoms with Crippen molar-refractivity contribution in [2.45, 2.75) is 53.1 Å². The van der Waals surface area contributed by atoms with Crippen molar-refractivity contribution in [2.24, 2.45) is 16.6 Å². The molecule has 2 nitrogen and oxygen atoms in total. The predicted molar refractivity (Wildman–Crippen MR) is 57.6 cm³/mol. The molecule has 1 aliphatic rings. The largest absolute Gasteiger partial charge is 0.326 e. The molecule has 0 aromatic carbocycles. The van der Waals surface area contributed by atoms with Crippen LogP contribution in [0.15, 0.2) is 0 Å². The molecule has 13 heavy (non-hydrogen) atoms. The van der Waals surface area contributed by atoms with Crippen molar-refractivity contribution < 1.29 is 0 Å². The monoisotopic (exact) mass is 184 g/mol. The second-order valence-electron chi connectivity index (χ2n) is 5.93. The van der Waals surface area contributed by atoms with Crippen molar-refractivity contribution in [1.82, 2.24) is 5.32 Å². The van der Waals surface area contributed by atoms with Gasteiger partial charge in [-0.1, -0.05) is 34.6 Å². The molecule has 0 bridgehead atoms. The lowest BCUT2D eigenvalue weighted by Gasteiger charge is -2.43. The van der Waals surface area contributed by atoms with E-state index < -0.39 is 0 Å². The third kappa shape index (κ3) is 2.05. The fourth-order valence-corrected chi connectivity index (χ4v) is 1.84. The quantitative estimate of drug-likeness (QED) is 0.651. The van der Waals surface area contributed by atoms with Crippen LogP contribution in [0.25, 0.3) is 0 Å². The Kier molecular flexibility index (Phi) is 2.75. The molecule has 2 unspecified atom stereocenters. The van der Waals surface area contributed by atoms with Crippen LogP contribution in [0.3, 0.4) is 0 Å². The first-order valence-electron chi connectivity index (χ1n) is 5.24. The summed E-state index contributed by atoms with van der Waals surface area (Å²) in [5.41, 5.74) is 6.54.